The molecule has 0 unspecified atom stereocenters. The Labute approximate surface area is 194 Å². The molecule has 0 fully saturated rings. The van der Waals surface area contributed by atoms with Crippen LogP contribution in [0.4, 0.5) is 11.4 Å². The van der Waals surface area contributed by atoms with E-state index in [1.807, 2.05) is 30.5 Å². The van der Waals surface area contributed by atoms with Crippen LogP contribution in [-0.2, 0) is 11.2 Å². The van der Waals surface area contributed by atoms with Crippen molar-refractivity contribution in [2.45, 2.75) is 6.42 Å². The fourth-order valence-corrected chi connectivity index (χ4v) is 4.35. The number of amidine groups is 1. The molecule has 1 aromatic heterocycles. The van der Waals surface area contributed by atoms with Gasteiger partial charge in [-0.1, -0.05) is 23.9 Å². The molecule has 0 radical (unpaired) electrons. The highest BCUT2D eigenvalue weighted by atomic mass is 32.2. The van der Waals surface area contributed by atoms with E-state index >= 15 is 0 Å². The average molecular weight is 463 g/mol. The number of nitrogens with two attached hydrogens (primary N) is 2. The number of pyridine rings is 1. The van der Waals surface area contributed by atoms with Crippen molar-refractivity contribution in [1.29, 1.82) is 0 Å². The number of nitrogens with zero attached hydrogens (tertiary/aromatic N) is 4. The first-order chi connectivity index (χ1) is 16.0. The highest BCUT2D eigenvalue weighted by Gasteiger charge is 2.26. The second-order valence-corrected chi connectivity index (χ2v) is 8.25. The Balaban J connectivity index is 1.41. The Bertz CT molecular complexity index is 1200. The fourth-order valence-electron chi connectivity index (χ4n) is 3.62. The zero-order valence-corrected chi connectivity index (χ0v) is 18.4. The van der Waals surface area contributed by atoms with Gasteiger partial charge in [0.05, 0.1) is 17.0 Å². The molecule has 2 heterocycles. The number of hydrazone groups is 1. The van der Waals surface area contributed by atoms with Crippen molar-refractivity contribution in [3.05, 3.63) is 78.1 Å². The summed E-state index contributed by atoms with van der Waals surface area (Å²) in [4.78, 5) is 29.9. The Morgan fingerprint density at radius 3 is 2.61 bits per heavy atom. The number of thioether (sulfide) groups is 1. The maximum atomic E-state index is 12.9. The van der Waals surface area contributed by atoms with Crippen LogP contribution in [0.15, 0.2) is 72.1 Å². The summed E-state index contributed by atoms with van der Waals surface area (Å²) >= 11 is 1.11. The van der Waals surface area contributed by atoms with Crippen LogP contribution in [-0.4, -0.2) is 39.4 Å². The number of amides is 1. The first kappa shape index (κ1) is 22.3. The third-order valence-electron chi connectivity index (χ3n) is 5.30. The highest BCUT2D eigenvalue weighted by Crippen LogP contribution is 2.32. The molecule has 4 rings (SSSR count). The lowest BCUT2D eigenvalue weighted by atomic mass is 10.0. The number of carboxylic acids is 1. The van der Waals surface area contributed by atoms with Crippen molar-refractivity contribution < 1.29 is 14.7 Å². The van der Waals surface area contributed by atoms with Crippen molar-refractivity contribution in [2.75, 3.05) is 22.2 Å². The lowest BCUT2D eigenvalue weighted by Crippen LogP contribution is -2.38. The van der Waals surface area contributed by atoms with E-state index in [0.29, 0.717) is 12.2 Å². The minimum atomic E-state index is -1.03. The topological polar surface area (TPSA) is 138 Å². The number of hydrogen-bond donors (Lipinski definition) is 3. The zero-order valence-electron chi connectivity index (χ0n) is 17.6. The van der Waals surface area contributed by atoms with Gasteiger partial charge in [-0.3, -0.25) is 14.8 Å². The van der Waals surface area contributed by atoms with E-state index in [0.717, 1.165) is 40.6 Å². The lowest BCUT2D eigenvalue weighted by Gasteiger charge is -2.21. The smallest absolute Gasteiger partial charge is 0.335 e. The third-order valence-corrected chi connectivity index (χ3v) is 6.26. The van der Waals surface area contributed by atoms with Crippen molar-refractivity contribution in [2.24, 2.45) is 16.8 Å². The molecule has 5 N–H and O–H groups in total. The summed E-state index contributed by atoms with van der Waals surface area (Å²) in [5.41, 5.74) is 4.74. The van der Waals surface area contributed by atoms with E-state index in [9.17, 15) is 9.59 Å². The number of aromatic nitrogens is 1. The molecular formula is C23H22N6O3S. The average Bonchev–Trinajstić information content (AvgIpc) is 3.28. The number of aromatic carboxylic acids is 1. The number of carbonyl (C=O) groups is 2. The number of carbonyl (C=O) groups excluding carboxylic acids is 1. The molecule has 0 aliphatic carbocycles. The second-order valence-electron chi connectivity index (χ2n) is 7.30. The summed E-state index contributed by atoms with van der Waals surface area (Å²) in [7, 11) is 0. The molecule has 1 aliphatic rings. The third kappa shape index (κ3) is 4.81. The molecule has 0 bridgehead atoms. The number of hydrazine groups is 1. The fraction of sp³-hybridized carbons (Fsp3) is 0.130. The van der Waals surface area contributed by atoms with E-state index in [1.54, 1.807) is 23.2 Å². The Morgan fingerprint density at radius 2 is 1.94 bits per heavy atom. The zero-order chi connectivity index (χ0) is 23.4. The van der Waals surface area contributed by atoms with Gasteiger partial charge in [0.2, 0.25) is 11.1 Å². The van der Waals surface area contributed by atoms with Crippen molar-refractivity contribution in [3.8, 4) is 11.1 Å². The summed E-state index contributed by atoms with van der Waals surface area (Å²) in [6, 6.07) is 15.9. The van der Waals surface area contributed by atoms with E-state index in [1.165, 1.54) is 17.1 Å². The van der Waals surface area contributed by atoms with Gasteiger partial charge in [-0.2, -0.15) is 5.10 Å². The largest absolute Gasteiger partial charge is 0.478 e. The van der Waals surface area contributed by atoms with Crippen LogP contribution in [0.1, 0.15) is 15.9 Å². The number of rotatable bonds is 5. The van der Waals surface area contributed by atoms with Crippen LogP contribution >= 0.6 is 11.8 Å². The molecule has 0 atom stereocenters. The van der Waals surface area contributed by atoms with Gasteiger partial charge in [-0.15, -0.1) is 0 Å². The highest BCUT2D eigenvalue weighted by molar-refractivity contribution is 8.14. The van der Waals surface area contributed by atoms with Crippen LogP contribution in [0, 0.1) is 0 Å². The summed E-state index contributed by atoms with van der Waals surface area (Å²) in [6.07, 6.45) is 4.33. The van der Waals surface area contributed by atoms with Gasteiger partial charge in [0.25, 0.3) is 0 Å². The maximum absolute atomic E-state index is 12.9. The van der Waals surface area contributed by atoms with Crippen LogP contribution in [0.3, 0.4) is 0 Å². The summed E-state index contributed by atoms with van der Waals surface area (Å²) in [5.74, 6) is 10.6. The maximum Gasteiger partial charge on any atom is 0.335 e. The summed E-state index contributed by atoms with van der Waals surface area (Å²) in [6.45, 7) is 0.601. The molecule has 0 spiro atoms. The molecule has 33 heavy (non-hydrogen) atoms. The van der Waals surface area contributed by atoms with Crippen molar-refractivity contribution in [1.82, 2.24) is 4.98 Å². The number of carboxylic acid groups (broad SMARTS) is 1. The summed E-state index contributed by atoms with van der Waals surface area (Å²) in [5, 5.41) is 14.2. The van der Waals surface area contributed by atoms with Crippen LogP contribution in [0.5, 0.6) is 0 Å². The molecule has 1 aliphatic heterocycles. The number of fused-ring (bicyclic) bond motifs is 1. The predicted octanol–water partition coefficient (Wildman–Crippen LogP) is 2.68. The number of benzene rings is 2. The second kappa shape index (κ2) is 9.72. The molecule has 3 aromatic rings. The Morgan fingerprint density at radius 1 is 1.15 bits per heavy atom. The lowest BCUT2D eigenvalue weighted by molar-refractivity contribution is -0.116. The monoisotopic (exact) mass is 462 g/mol. The van der Waals surface area contributed by atoms with Crippen molar-refractivity contribution in [3.63, 3.8) is 0 Å². The SMILES string of the molecule is N/N=C(/SCC(=O)N1CCc2cc(-c3cccnc3)ccc21)N(N)c1ccc(C(=O)O)cc1. The van der Waals surface area contributed by atoms with E-state index in [4.69, 9.17) is 16.8 Å². The van der Waals surface area contributed by atoms with Gasteiger partial charge >= 0.3 is 5.97 Å². The van der Waals surface area contributed by atoms with Crippen LogP contribution in [0.2, 0.25) is 0 Å². The van der Waals surface area contributed by atoms with Gasteiger partial charge in [-0.25, -0.2) is 10.6 Å². The number of hydrogen-bond acceptors (Lipinski definition) is 7. The molecule has 2 aromatic carbocycles. The van der Waals surface area contributed by atoms with E-state index in [2.05, 4.69) is 16.2 Å². The number of anilines is 2. The van der Waals surface area contributed by atoms with Gasteiger partial charge in [0, 0.05) is 24.6 Å². The van der Waals surface area contributed by atoms with Crippen molar-refractivity contribution >= 4 is 40.2 Å². The van der Waals surface area contributed by atoms with E-state index in [-0.39, 0.29) is 22.4 Å². The predicted molar refractivity (Wildman–Crippen MR) is 130 cm³/mol. The normalized spacial score (nSPS) is 13.0. The Kier molecular flexibility index (Phi) is 6.57. The molecule has 168 valence electrons. The molecule has 9 nitrogen and oxygen atoms in total. The molecular weight excluding hydrogens is 440 g/mol. The van der Waals surface area contributed by atoms with Crippen LogP contribution in [0.25, 0.3) is 11.1 Å². The summed E-state index contributed by atoms with van der Waals surface area (Å²) < 4.78 is 0. The minimum Gasteiger partial charge on any atom is -0.478 e. The molecule has 10 heteroatoms. The van der Waals surface area contributed by atoms with Gasteiger partial charge in [0.15, 0.2) is 0 Å². The minimum absolute atomic E-state index is 0.0800. The molecule has 0 saturated heterocycles. The molecule has 0 saturated carbocycles. The quantitative estimate of drug-likeness (QED) is 0.228. The molecule has 1 amide bonds. The Hall–Kier alpha value is -3.89. The van der Waals surface area contributed by atoms with Gasteiger partial charge in [-0.05, 0) is 65.6 Å². The van der Waals surface area contributed by atoms with Crippen LogP contribution < -0.4 is 21.6 Å². The first-order valence-corrected chi connectivity index (χ1v) is 11.1. The standard InChI is InChI=1S/C23H22N6O3S/c24-27-23(29(25)19-6-3-15(4-7-19)22(31)32)33-14-21(30)28-11-9-17-12-16(5-8-20(17)28)18-2-1-10-26-13-18/h1-8,10,12-13H,9,11,14,24-25H2,(H,31,32)/b27-23+. The van der Waals surface area contributed by atoms with E-state index < -0.39 is 5.97 Å². The van der Waals surface area contributed by atoms with Gasteiger partial charge < -0.3 is 15.8 Å². The van der Waals surface area contributed by atoms with Gasteiger partial charge in [0.1, 0.15) is 0 Å². The first-order valence-electron chi connectivity index (χ1n) is 10.1.